The number of fused-ring (bicyclic) bond motifs is 5. The fraction of sp³-hybridized carbons (Fsp3) is 0.630. The molecule has 4 aliphatic rings. The zero-order chi connectivity index (χ0) is 22.5. The summed E-state index contributed by atoms with van der Waals surface area (Å²) in [4.78, 5) is 13.4. The third-order valence-corrected chi connectivity index (χ3v) is 9.78. The summed E-state index contributed by atoms with van der Waals surface area (Å²) >= 11 is 0. The lowest BCUT2D eigenvalue weighted by Crippen LogP contribution is -2.51. The van der Waals surface area contributed by atoms with Crippen molar-refractivity contribution in [3.05, 3.63) is 35.9 Å². The normalized spacial score (nSPS) is 39.5. The Morgan fingerprint density at radius 2 is 1.84 bits per heavy atom. The van der Waals surface area contributed by atoms with Crippen molar-refractivity contribution in [3.8, 4) is 5.75 Å². The molecule has 0 heterocycles. The fourth-order valence-electron chi connectivity index (χ4n) is 7.98. The number of hydrogen-bond acceptors (Lipinski definition) is 4. The van der Waals surface area contributed by atoms with Gasteiger partial charge in [0.25, 0.3) is 0 Å². The number of carbonyl (C=O) groups excluding carboxylic acids is 1. The van der Waals surface area contributed by atoms with E-state index in [0.29, 0.717) is 17.8 Å². The van der Waals surface area contributed by atoms with E-state index in [2.05, 4.69) is 30.4 Å². The van der Waals surface area contributed by atoms with Crippen LogP contribution in [-0.4, -0.2) is 23.9 Å². The second-order valence-electron chi connectivity index (χ2n) is 11.0. The Kier molecular flexibility index (Phi) is 5.34. The number of oxime groups is 1. The monoisotopic (exact) mass is 436 g/mol. The predicted octanol–water partition coefficient (Wildman–Crippen LogP) is 6.04. The Balaban J connectivity index is 1.34. The van der Waals surface area contributed by atoms with Crippen LogP contribution >= 0.6 is 0 Å². The molecule has 0 saturated heterocycles. The highest BCUT2D eigenvalue weighted by Crippen LogP contribution is 2.66. The van der Waals surface area contributed by atoms with E-state index in [0.717, 1.165) is 55.7 Å². The number of ether oxygens (including phenoxy) is 1. The molecule has 1 aromatic carbocycles. The van der Waals surface area contributed by atoms with Crippen molar-refractivity contribution in [2.45, 2.75) is 65.2 Å². The minimum atomic E-state index is 0.0831. The quantitative estimate of drug-likeness (QED) is 0.448. The third-order valence-electron chi connectivity index (χ3n) is 9.78. The molecule has 4 aliphatic carbocycles. The van der Waals surface area contributed by atoms with E-state index in [1.54, 1.807) is 7.11 Å². The van der Waals surface area contributed by atoms with Crippen LogP contribution in [0, 0.1) is 34.5 Å². The number of allylic oxidation sites excluding steroid dienone is 2. The molecule has 1 amide bonds. The molecular formula is C27H36N2O3. The number of amides is 1. The first kappa shape index (κ1) is 21.5. The topological polar surface area (TPSA) is 70.9 Å². The van der Waals surface area contributed by atoms with E-state index in [9.17, 15) is 10.0 Å². The Morgan fingerprint density at radius 1 is 1.06 bits per heavy atom. The molecule has 0 aliphatic heterocycles. The second kappa shape index (κ2) is 7.93. The fourth-order valence-corrected chi connectivity index (χ4v) is 7.98. The maximum atomic E-state index is 13.4. The van der Waals surface area contributed by atoms with Gasteiger partial charge in [0.15, 0.2) is 0 Å². The Morgan fingerprint density at radius 3 is 2.56 bits per heavy atom. The molecule has 5 rings (SSSR count). The summed E-state index contributed by atoms with van der Waals surface area (Å²) in [6.07, 6.45) is 10.9. The van der Waals surface area contributed by atoms with Gasteiger partial charge in [-0.2, -0.15) is 0 Å². The highest BCUT2D eigenvalue weighted by molar-refractivity contribution is 5.96. The Bertz CT molecular complexity index is 952. The van der Waals surface area contributed by atoms with Crippen molar-refractivity contribution in [1.29, 1.82) is 0 Å². The number of nitrogens with one attached hydrogen (secondary N) is 1. The average molecular weight is 437 g/mol. The van der Waals surface area contributed by atoms with Gasteiger partial charge in [0.05, 0.1) is 12.8 Å². The molecule has 0 aromatic heterocycles. The number of methoxy groups -OCH3 is 1. The molecule has 3 saturated carbocycles. The first-order valence-electron chi connectivity index (χ1n) is 12.3. The molecule has 0 spiro atoms. The first-order chi connectivity index (χ1) is 15.4. The van der Waals surface area contributed by atoms with E-state index in [-0.39, 0.29) is 22.7 Å². The molecule has 0 bridgehead atoms. The largest absolute Gasteiger partial charge is 0.497 e. The summed E-state index contributed by atoms with van der Waals surface area (Å²) in [6.45, 7) is 4.85. The Hall–Kier alpha value is -2.30. The third kappa shape index (κ3) is 3.27. The van der Waals surface area contributed by atoms with Gasteiger partial charge in [0.1, 0.15) is 5.75 Å². The molecular weight excluding hydrogens is 400 g/mol. The average Bonchev–Trinajstić information content (AvgIpc) is 3.16. The lowest BCUT2D eigenvalue weighted by atomic mass is 9.47. The molecule has 1 aromatic rings. The molecule has 2 N–H and O–H groups in total. The van der Waals surface area contributed by atoms with Crippen molar-refractivity contribution in [2.75, 3.05) is 12.4 Å². The molecule has 32 heavy (non-hydrogen) atoms. The lowest BCUT2D eigenvalue weighted by molar-refractivity contribution is -0.126. The zero-order valence-electron chi connectivity index (χ0n) is 19.6. The number of benzene rings is 1. The summed E-state index contributed by atoms with van der Waals surface area (Å²) in [7, 11) is 1.65. The summed E-state index contributed by atoms with van der Waals surface area (Å²) in [5.41, 5.74) is 3.49. The summed E-state index contributed by atoms with van der Waals surface area (Å²) in [5, 5.41) is 16.0. The number of rotatable bonds is 3. The minimum absolute atomic E-state index is 0.0831. The maximum Gasteiger partial charge on any atom is 0.228 e. The zero-order valence-corrected chi connectivity index (χ0v) is 19.6. The number of carbonyl (C=O) groups is 1. The smallest absolute Gasteiger partial charge is 0.228 e. The Labute approximate surface area is 191 Å². The van der Waals surface area contributed by atoms with Gasteiger partial charge >= 0.3 is 0 Å². The molecule has 5 nitrogen and oxygen atoms in total. The van der Waals surface area contributed by atoms with E-state index < -0.39 is 0 Å². The van der Waals surface area contributed by atoms with Crippen LogP contribution in [0.25, 0.3) is 0 Å². The lowest BCUT2D eigenvalue weighted by Gasteiger charge is -2.58. The van der Waals surface area contributed by atoms with Gasteiger partial charge in [0, 0.05) is 11.6 Å². The first-order valence-corrected chi connectivity index (χ1v) is 12.3. The van der Waals surface area contributed by atoms with Crippen molar-refractivity contribution in [1.82, 2.24) is 0 Å². The molecule has 3 unspecified atom stereocenters. The SMILES string of the molecule is COc1ccc(NC(=O)[C@H]2CCC3C4CCC5=C/C(=N/O)CC[C@]5(C)C4CC[C@@]32C)cc1. The van der Waals surface area contributed by atoms with Crippen LogP contribution < -0.4 is 10.1 Å². The van der Waals surface area contributed by atoms with E-state index in [1.165, 1.54) is 18.4 Å². The maximum absolute atomic E-state index is 13.4. The van der Waals surface area contributed by atoms with Crippen LogP contribution in [0.2, 0.25) is 0 Å². The molecule has 172 valence electrons. The van der Waals surface area contributed by atoms with Gasteiger partial charge in [-0.15, -0.1) is 0 Å². The van der Waals surface area contributed by atoms with Crippen LogP contribution in [0.5, 0.6) is 5.75 Å². The van der Waals surface area contributed by atoms with E-state index in [4.69, 9.17) is 4.74 Å². The van der Waals surface area contributed by atoms with Crippen LogP contribution in [-0.2, 0) is 4.79 Å². The summed E-state index contributed by atoms with van der Waals surface area (Å²) < 4.78 is 5.23. The van der Waals surface area contributed by atoms with Crippen LogP contribution in [0.15, 0.2) is 41.1 Å². The van der Waals surface area contributed by atoms with Gasteiger partial charge in [-0.1, -0.05) is 24.6 Å². The van der Waals surface area contributed by atoms with Crippen molar-refractivity contribution >= 4 is 17.3 Å². The standard InChI is InChI=1S/C27H36N2O3/c1-26-14-12-19(29-31)16-17(26)4-9-21-22-10-11-24(27(22,2)15-13-23(21)26)25(30)28-18-5-7-20(32-3)8-6-18/h5-8,16,21-24,31H,4,9-15H2,1-3H3,(H,28,30)/b29-19+/t21?,22?,23?,24-,26+,27+/m1/s1. The van der Waals surface area contributed by atoms with Crippen LogP contribution in [0.1, 0.15) is 65.2 Å². The van der Waals surface area contributed by atoms with Crippen LogP contribution in [0.4, 0.5) is 5.69 Å². The van der Waals surface area contributed by atoms with Crippen molar-refractivity contribution < 1.29 is 14.7 Å². The van der Waals surface area contributed by atoms with Gasteiger partial charge < -0.3 is 15.3 Å². The number of anilines is 1. The summed E-state index contributed by atoms with van der Waals surface area (Å²) in [6, 6.07) is 7.63. The molecule has 0 radical (unpaired) electrons. The molecule has 5 heteroatoms. The highest BCUT2D eigenvalue weighted by Gasteiger charge is 2.60. The van der Waals surface area contributed by atoms with Gasteiger partial charge in [-0.3, -0.25) is 4.79 Å². The van der Waals surface area contributed by atoms with Gasteiger partial charge in [0.2, 0.25) is 5.91 Å². The second-order valence-corrected chi connectivity index (χ2v) is 11.0. The van der Waals surface area contributed by atoms with Crippen molar-refractivity contribution in [3.63, 3.8) is 0 Å². The van der Waals surface area contributed by atoms with Gasteiger partial charge in [-0.25, -0.2) is 0 Å². The highest BCUT2D eigenvalue weighted by atomic mass is 16.5. The molecule has 3 fully saturated rings. The van der Waals surface area contributed by atoms with Crippen LogP contribution in [0.3, 0.4) is 0 Å². The molecule has 6 atom stereocenters. The van der Waals surface area contributed by atoms with E-state index in [1.807, 2.05) is 24.3 Å². The van der Waals surface area contributed by atoms with Gasteiger partial charge in [-0.05, 0) is 110 Å². The van der Waals surface area contributed by atoms with E-state index >= 15 is 0 Å². The number of nitrogens with zero attached hydrogens (tertiary/aromatic N) is 1. The summed E-state index contributed by atoms with van der Waals surface area (Å²) in [5.74, 6) is 3.07. The predicted molar refractivity (Wildman–Crippen MR) is 126 cm³/mol. The number of hydrogen-bond donors (Lipinski definition) is 2. The minimum Gasteiger partial charge on any atom is -0.497 e. The van der Waals surface area contributed by atoms with Crippen molar-refractivity contribution in [2.24, 2.45) is 39.7 Å².